The van der Waals surface area contributed by atoms with E-state index in [2.05, 4.69) is 42.5 Å². The molecule has 2 aliphatic carbocycles. The molecule has 0 radical (unpaired) electrons. The Morgan fingerprint density at radius 1 is 1.05 bits per heavy atom. The van der Waals surface area contributed by atoms with Crippen molar-refractivity contribution in [2.75, 3.05) is 6.61 Å². The van der Waals surface area contributed by atoms with Gasteiger partial charge in [-0.1, -0.05) is 61.8 Å². The van der Waals surface area contributed by atoms with Crippen molar-refractivity contribution >= 4 is 5.57 Å². The lowest BCUT2D eigenvalue weighted by atomic mass is 9.96. The molecule has 1 saturated carbocycles. The van der Waals surface area contributed by atoms with Crippen LogP contribution in [0.2, 0.25) is 0 Å². The van der Waals surface area contributed by atoms with E-state index in [-0.39, 0.29) is 0 Å². The molecule has 0 N–H and O–H groups in total. The predicted octanol–water partition coefficient (Wildman–Crippen LogP) is 4.92. The van der Waals surface area contributed by atoms with Crippen LogP contribution in [0.1, 0.15) is 49.7 Å². The molecule has 3 rings (SSSR count). The number of ether oxygens (including phenoxy) is 1. The Kier molecular flexibility index (Phi) is 4.70. The molecule has 0 bridgehead atoms. The van der Waals surface area contributed by atoms with Gasteiger partial charge in [0.05, 0.1) is 12.7 Å². The minimum Gasteiger partial charge on any atom is -0.378 e. The number of hydrogen-bond acceptors (Lipinski definition) is 1. The second-order valence-corrected chi connectivity index (χ2v) is 5.86. The largest absolute Gasteiger partial charge is 0.378 e. The van der Waals surface area contributed by atoms with Crippen molar-refractivity contribution in [3.63, 3.8) is 0 Å². The second-order valence-electron chi connectivity index (χ2n) is 5.86. The van der Waals surface area contributed by atoms with Crippen molar-refractivity contribution in [1.82, 2.24) is 0 Å². The lowest BCUT2D eigenvalue weighted by molar-refractivity contribution is 0.0320. The van der Waals surface area contributed by atoms with Gasteiger partial charge in [0.15, 0.2) is 0 Å². The van der Waals surface area contributed by atoms with E-state index in [0.29, 0.717) is 6.10 Å². The van der Waals surface area contributed by atoms with E-state index < -0.39 is 0 Å². The van der Waals surface area contributed by atoms with Gasteiger partial charge >= 0.3 is 0 Å². The van der Waals surface area contributed by atoms with Crippen LogP contribution >= 0.6 is 0 Å². The predicted molar refractivity (Wildman–Crippen MR) is 84.7 cm³/mol. The zero-order valence-corrected chi connectivity index (χ0v) is 12.2. The molecule has 0 aliphatic heterocycles. The Labute approximate surface area is 122 Å². The monoisotopic (exact) mass is 268 g/mol. The van der Waals surface area contributed by atoms with Crippen LogP contribution in [0.25, 0.3) is 5.57 Å². The van der Waals surface area contributed by atoms with Crippen LogP contribution in [0.15, 0.2) is 42.5 Å². The van der Waals surface area contributed by atoms with Crippen molar-refractivity contribution in [3.8, 4) is 0 Å². The minimum atomic E-state index is 0.515. The van der Waals surface area contributed by atoms with Crippen molar-refractivity contribution < 1.29 is 4.74 Å². The van der Waals surface area contributed by atoms with Crippen LogP contribution in [0.3, 0.4) is 0 Å². The van der Waals surface area contributed by atoms with Crippen LogP contribution in [-0.2, 0) is 11.2 Å². The topological polar surface area (TPSA) is 9.23 Å². The maximum Gasteiger partial charge on any atom is 0.0575 e. The van der Waals surface area contributed by atoms with Gasteiger partial charge in [-0.25, -0.2) is 0 Å². The molecule has 20 heavy (non-hydrogen) atoms. The summed E-state index contributed by atoms with van der Waals surface area (Å²) in [6.07, 6.45) is 15.9. The average Bonchev–Trinajstić information content (AvgIpc) is 2.71. The van der Waals surface area contributed by atoms with Crippen molar-refractivity contribution in [3.05, 3.63) is 53.6 Å². The summed E-state index contributed by atoms with van der Waals surface area (Å²) in [5, 5.41) is 0. The Bertz CT molecular complexity index is 492. The average molecular weight is 268 g/mol. The van der Waals surface area contributed by atoms with Gasteiger partial charge in [0.25, 0.3) is 0 Å². The SMILES string of the molecule is C1=CCc2ccccc2C(CCOC2CCCCC2)=C1. The number of rotatable bonds is 4. The molecule has 2 aliphatic rings. The summed E-state index contributed by atoms with van der Waals surface area (Å²) in [5.74, 6) is 0. The molecule has 0 saturated heterocycles. The van der Waals surface area contributed by atoms with Crippen molar-refractivity contribution in [1.29, 1.82) is 0 Å². The minimum absolute atomic E-state index is 0.515. The fourth-order valence-corrected chi connectivity index (χ4v) is 3.27. The number of hydrogen-bond donors (Lipinski definition) is 0. The van der Waals surface area contributed by atoms with Crippen molar-refractivity contribution in [2.45, 2.75) is 51.0 Å². The van der Waals surface area contributed by atoms with Crippen LogP contribution in [-0.4, -0.2) is 12.7 Å². The van der Waals surface area contributed by atoms with Gasteiger partial charge in [-0.3, -0.25) is 0 Å². The van der Waals surface area contributed by atoms with Gasteiger partial charge in [-0.15, -0.1) is 0 Å². The van der Waals surface area contributed by atoms with E-state index in [9.17, 15) is 0 Å². The third-order valence-electron chi connectivity index (χ3n) is 4.41. The van der Waals surface area contributed by atoms with Gasteiger partial charge in [0.1, 0.15) is 0 Å². The van der Waals surface area contributed by atoms with E-state index in [0.717, 1.165) is 19.4 Å². The molecule has 0 aromatic heterocycles. The third-order valence-corrected chi connectivity index (χ3v) is 4.41. The van der Waals surface area contributed by atoms with E-state index in [1.165, 1.54) is 48.8 Å². The molecule has 0 atom stereocenters. The van der Waals surface area contributed by atoms with Gasteiger partial charge < -0.3 is 4.74 Å². The van der Waals surface area contributed by atoms with Crippen LogP contribution in [0, 0.1) is 0 Å². The van der Waals surface area contributed by atoms with Crippen molar-refractivity contribution in [2.24, 2.45) is 0 Å². The molecule has 1 fully saturated rings. The van der Waals surface area contributed by atoms with Gasteiger partial charge in [0.2, 0.25) is 0 Å². The first-order valence-corrected chi connectivity index (χ1v) is 7.99. The maximum absolute atomic E-state index is 6.08. The smallest absolute Gasteiger partial charge is 0.0575 e. The van der Waals surface area contributed by atoms with Gasteiger partial charge in [-0.05, 0) is 42.4 Å². The van der Waals surface area contributed by atoms with Crippen LogP contribution < -0.4 is 0 Å². The fraction of sp³-hybridized carbons (Fsp3) is 0.474. The summed E-state index contributed by atoms with van der Waals surface area (Å²) in [5.41, 5.74) is 4.26. The molecule has 1 aromatic rings. The number of benzene rings is 1. The molecular formula is C19H24O. The standard InChI is InChI=1S/C19H24O/c1-2-11-18(12-3-1)20-15-14-17-10-5-4-8-16-9-6-7-13-19(16)17/h4-7,9-10,13,18H,1-3,8,11-12,14-15H2. The Balaban J connectivity index is 1.59. The van der Waals surface area contributed by atoms with E-state index in [4.69, 9.17) is 4.74 Å². The highest BCUT2D eigenvalue weighted by Crippen LogP contribution is 2.26. The first-order valence-electron chi connectivity index (χ1n) is 7.99. The quantitative estimate of drug-likeness (QED) is 0.753. The summed E-state index contributed by atoms with van der Waals surface area (Å²) in [6, 6.07) is 8.75. The lowest BCUT2D eigenvalue weighted by Gasteiger charge is -2.22. The molecule has 1 nitrogen and oxygen atoms in total. The first kappa shape index (κ1) is 13.6. The zero-order valence-electron chi connectivity index (χ0n) is 12.2. The summed E-state index contributed by atoms with van der Waals surface area (Å²) in [7, 11) is 0. The highest BCUT2D eigenvalue weighted by molar-refractivity contribution is 5.70. The normalized spacial score (nSPS) is 19.3. The summed E-state index contributed by atoms with van der Waals surface area (Å²) >= 11 is 0. The molecular weight excluding hydrogens is 244 g/mol. The van der Waals surface area contributed by atoms with E-state index >= 15 is 0 Å². The van der Waals surface area contributed by atoms with Gasteiger partial charge in [-0.2, -0.15) is 0 Å². The molecule has 0 heterocycles. The Hall–Kier alpha value is -1.34. The Morgan fingerprint density at radius 3 is 2.80 bits per heavy atom. The zero-order chi connectivity index (χ0) is 13.6. The lowest BCUT2D eigenvalue weighted by Crippen LogP contribution is -2.17. The second kappa shape index (κ2) is 6.90. The first-order chi connectivity index (χ1) is 9.93. The maximum atomic E-state index is 6.08. The summed E-state index contributed by atoms with van der Waals surface area (Å²) < 4.78 is 6.08. The summed E-state index contributed by atoms with van der Waals surface area (Å²) in [4.78, 5) is 0. The molecule has 0 amide bonds. The Morgan fingerprint density at radius 2 is 1.90 bits per heavy atom. The van der Waals surface area contributed by atoms with Crippen LogP contribution in [0.5, 0.6) is 0 Å². The molecule has 0 spiro atoms. The molecule has 106 valence electrons. The highest BCUT2D eigenvalue weighted by atomic mass is 16.5. The van der Waals surface area contributed by atoms with Crippen LogP contribution in [0.4, 0.5) is 0 Å². The third kappa shape index (κ3) is 3.40. The molecule has 0 unspecified atom stereocenters. The highest BCUT2D eigenvalue weighted by Gasteiger charge is 2.14. The summed E-state index contributed by atoms with van der Waals surface area (Å²) in [6.45, 7) is 0.860. The number of allylic oxidation sites excluding steroid dienone is 3. The molecule has 1 aromatic carbocycles. The fourth-order valence-electron chi connectivity index (χ4n) is 3.27. The van der Waals surface area contributed by atoms with Gasteiger partial charge in [0, 0.05) is 0 Å². The van der Waals surface area contributed by atoms with E-state index in [1.807, 2.05) is 0 Å². The van der Waals surface area contributed by atoms with E-state index in [1.54, 1.807) is 0 Å². The number of fused-ring (bicyclic) bond motifs is 1. The molecule has 1 heteroatoms.